The summed E-state index contributed by atoms with van der Waals surface area (Å²) in [4.78, 5) is 13.8. The summed E-state index contributed by atoms with van der Waals surface area (Å²) in [5, 5.41) is 10.2. The van der Waals surface area contributed by atoms with Gasteiger partial charge in [-0.05, 0) is 26.8 Å². The lowest BCUT2D eigenvalue weighted by molar-refractivity contribution is -0.0672. The molecule has 4 nitrogen and oxygen atoms in total. The molecular formula is C12H17ClN2O2. The monoisotopic (exact) mass is 256 g/mol. The van der Waals surface area contributed by atoms with Crippen LogP contribution in [0.15, 0.2) is 12.3 Å². The highest BCUT2D eigenvalue weighted by Crippen LogP contribution is 2.25. The van der Waals surface area contributed by atoms with E-state index in [2.05, 4.69) is 0 Å². The molecule has 1 fully saturated rings. The Morgan fingerprint density at radius 3 is 2.59 bits per heavy atom. The second-order valence-electron chi connectivity index (χ2n) is 5.20. The Labute approximate surface area is 106 Å². The molecule has 1 saturated heterocycles. The third kappa shape index (κ3) is 2.33. The molecule has 0 aliphatic carbocycles. The molecule has 0 saturated carbocycles. The number of rotatable bonds is 2. The number of hydrogen-bond donors (Lipinski definition) is 1. The standard InChI is InChI=1S/C12H17ClN2O2/c1-8(2)15-5-9(13)4-10(15)11(16)14-6-12(3,17)7-14/h4-5,8,17H,6-7H2,1-3H3. The van der Waals surface area contributed by atoms with E-state index >= 15 is 0 Å². The summed E-state index contributed by atoms with van der Waals surface area (Å²) in [7, 11) is 0. The number of nitrogens with zero attached hydrogens (tertiary/aromatic N) is 2. The van der Waals surface area contributed by atoms with Gasteiger partial charge in [-0.15, -0.1) is 0 Å². The zero-order valence-corrected chi connectivity index (χ0v) is 11.0. The third-order valence-electron chi connectivity index (χ3n) is 2.94. The zero-order valence-electron chi connectivity index (χ0n) is 10.3. The number of hydrogen-bond acceptors (Lipinski definition) is 2. The summed E-state index contributed by atoms with van der Waals surface area (Å²) in [5.74, 6) is -0.0721. The lowest BCUT2D eigenvalue weighted by Gasteiger charge is -2.44. The Bertz CT molecular complexity index is 443. The number of amides is 1. The van der Waals surface area contributed by atoms with Crippen LogP contribution in [0.1, 0.15) is 37.3 Å². The molecule has 1 aromatic rings. The number of carbonyl (C=O) groups is 1. The molecule has 0 spiro atoms. The van der Waals surface area contributed by atoms with Gasteiger partial charge in [0.25, 0.3) is 5.91 Å². The van der Waals surface area contributed by atoms with Crippen LogP contribution in [-0.2, 0) is 0 Å². The highest BCUT2D eigenvalue weighted by molar-refractivity contribution is 6.31. The molecule has 0 aromatic carbocycles. The number of halogens is 1. The summed E-state index contributed by atoms with van der Waals surface area (Å²) in [6, 6.07) is 1.86. The minimum absolute atomic E-state index is 0.0721. The van der Waals surface area contributed by atoms with Gasteiger partial charge in [0.15, 0.2) is 0 Å². The molecule has 0 bridgehead atoms. The van der Waals surface area contributed by atoms with Gasteiger partial charge in [-0.2, -0.15) is 0 Å². The first-order chi connectivity index (χ1) is 7.80. The normalized spacial score (nSPS) is 18.4. The van der Waals surface area contributed by atoms with Crippen molar-refractivity contribution < 1.29 is 9.90 Å². The Kier molecular flexibility index (Phi) is 2.96. The van der Waals surface area contributed by atoms with E-state index in [4.69, 9.17) is 11.6 Å². The van der Waals surface area contributed by atoms with Gasteiger partial charge in [0.05, 0.1) is 23.7 Å². The summed E-state index contributed by atoms with van der Waals surface area (Å²) in [6.45, 7) is 6.49. The van der Waals surface area contributed by atoms with E-state index in [1.54, 1.807) is 24.1 Å². The Balaban J connectivity index is 2.20. The number of aromatic nitrogens is 1. The van der Waals surface area contributed by atoms with Crippen molar-refractivity contribution in [3.63, 3.8) is 0 Å². The van der Waals surface area contributed by atoms with E-state index in [1.165, 1.54) is 0 Å². The van der Waals surface area contributed by atoms with Gasteiger partial charge in [0.1, 0.15) is 5.69 Å². The molecule has 1 aliphatic rings. The summed E-state index contributed by atoms with van der Waals surface area (Å²) < 4.78 is 1.86. The molecule has 0 atom stereocenters. The van der Waals surface area contributed by atoms with Crippen LogP contribution in [0.5, 0.6) is 0 Å². The Hall–Kier alpha value is -1.00. The highest BCUT2D eigenvalue weighted by atomic mass is 35.5. The van der Waals surface area contributed by atoms with Crippen LogP contribution in [0.25, 0.3) is 0 Å². The molecule has 0 radical (unpaired) electrons. The molecular weight excluding hydrogens is 240 g/mol. The number of β-amino-alcohol motifs (C(OH)–C–C–N with tert-alkyl or cyclic N) is 1. The Morgan fingerprint density at radius 1 is 1.53 bits per heavy atom. The van der Waals surface area contributed by atoms with E-state index in [0.29, 0.717) is 23.8 Å². The second-order valence-corrected chi connectivity index (χ2v) is 5.64. The molecule has 2 rings (SSSR count). The van der Waals surface area contributed by atoms with Crippen LogP contribution in [0.2, 0.25) is 5.02 Å². The summed E-state index contributed by atoms with van der Waals surface area (Å²) >= 11 is 5.93. The molecule has 0 unspecified atom stereocenters. The topological polar surface area (TPSA) is 45.5 Å². The van der Waals surface area contributed by atoms with E-state index in [-0.39, 0.29) is 11.9 Å². The van der Waals surface area contributed by atoms with Crippen LogP contribution >= 0.6 is 11.6 Å². The molecule has 1 aromatic heterocycles. The van der Waals surface area contributed by atoms with Crippen molar-refractivity contribution in [1.29, 1.82) is 0 Å². The Morgan fingerprint density at radius 2 is 2.12 bits per heavy atom. The first-order valence-electron chi connectivity index (χ1n) is 5.69. The molecule has 94 valence electrons. The average Bonchev–Trinajstić information content (AvgIpc) is 2.55. The van der Waals surface area contributed by atoms with Crippen molar-refractivity contribution in [2.75, 3.05) is 13.1 Å². The van der Waals surface area contributed by atoms with Crippen molar-refractivity contribution in [2.24, 2.45) is 0 Å². The van der Waals surface area contributed by atoms with Gasteiger partial charge in [0.2, 0.25) is 0 Å². The van der Waals surface area contributed by atoms with E-state index in [0.717, 1.165) is 0 Å². The summed E-state index contributed by atoms with van der Waals surface area (Å²) in [5.41, 5.74) is -0.158. The van der Waals surface area contributed by atoms with Gasteiger partial charge < -0.3 is 14.6 Å². The predicted octanol–water partition coefficient (Wildman–Crippen LogP) is 1.93. The zero-order chi connectivity index (χ0) is 12.8. The third-order valence-corrected chi connectivity index (χ3v) is 3.15. The van der Waals surface area contributed by atoms with Crippen molar-refractivity contribution >= 4 is 17.5 Å². The van der Waals surface area contributed by atoms with Crippen molar-refractivity contribution in [2.45, 2.75) is 32.4 Å². The SMILES string of the molecule is CC(C)n1cc(Cl)cc1C(=O)N1CC(C)(O)C1. The lowest BCUT2D eigenvalue weighted by Crippen LogP contribution is -2.61. The molecule has 2 heterocycles. The fourth-order valence-corrected chi connectivity index (χ4v) is 2.33. The van der Waals surface area contributed by atoms with Gasteiger partial charge in [-0.1, -0.05) is 11.6 Å². The maximum absolute atomic E-state index is 12.2. The summed E-state index contributed by atoms with van der Waals surface area (Å²) in [6.07, 6.45) is 1.76. The van der Waals surface area contributed by atoms with E-state index in [9.17, 15) is 9.90 Å². The van der Waals surface area contributed by atoms with Crippen molar-refractivity contribution in [3.8, 4) is 0 Å². The number of carbonyl (C=O) groups excluding carboxylic acids is 1. The fourth-order valence-electron chi connectivity index (χ4n) is 2.13. The first-order valence-corrected chi connectivity index (χ1v) is 6.07. The fraction of sp³-hybridized carbons (Fsp3) is 0.583. The van der Waals surface area contributed by atoms with Gasteiger partial charge in [-0.3, -0.25) is 4.79 Å². The molecule has 17 heavy (non-hydrogen) atoms. The highest BCUT2D eigenvalue weighted by Gasteiger charge is 2.40. The lowest BCUT2D eigenvalue weighted by atomic mass is 9.96. The van der Waals surface area contributed by atoms with Crippen molar-refractivity contribution in [1.82, 2.24) is 9.47 Å². The number of aliphatic hydroxyl groups is 1. The smallest absolute Gasteiger partial charge is 0.270 e. The van der Waals surface area contributed by atoms with Crippen LogP contribution < -0.4 is 0 Å². The largest absolute Gasteiger partial charge is 0.386 e. The van der Waals surface area contributed by atoms with Crippen LogP contribution in [0, 0.1) is 0 Å². The molecule has 1 N–H and O–H groups in total. The predicted molar refractivity (Wildman–Crippen MR) is 66.4 cm³/mol. The first kappa shape index (κ1) is 12.5. The van der Waals surface area contributed by atoms with Crippen LogP contribution in [-0.4, -0.2) is 39.2 Å². The van der Waals surface area contributed by atoms with E-state index < -0.39 is 5.60 Å². The van der Waals surface area contributed by atoms with Crippen LogP contribution in [0.3, 0.4) is 0 Å². The quantitative estimate of drug-likeness (QED) is 0.879. The second kappa shape index (κ2) is 4.03. The minimum atomic E-state index is -0.741. The van der Waals surface area contributed by atoms with Gasteiger partial charge >= 0.3 is 0 Å². The van der Waals surface area contributed by atoms with Crippen LogP contribution in [0.4, 0.5) is 0 Å². The molecule has 5 heteroatoms. The minimum Gasteiger partial charge on any atom is -0.386 e. The molecule has 1 amide bonds. The van der Waals surface area contributed by atoms with Crippen molar-refractivity contribution in [3.05, 3.63) is 23.0 Å². The van der Waals surface area contributed by atoms with Gasteiger partial charge in [-0.25, -0.2) is 0 Å². The molecule has 1 aliphatic heterocycles. The van der Waals surface area contributed by atoms with Gasteiger partial charge in [0, 0.05) is 12.2 Å². The maximum atomic E-state index is 12.2. The average molecular weight is 257 g/mol. The van der Waals surface area contributed by atoms with E-state index in [1.807, 2.05) is 18.4 Å². The number of likely N-dealkylation sites (tertiary alicyclic amines) is 1. The maximum Gasteiger partial charge on any atom is 0.270 e.